The summed E-state index contributed by atoms with van der Waals surface area (Å²) in [7, 11) is 3.82. The maximum Gasteiger partial charge on any atom is 0.262 e. The zero-order chi connectivity index (χ0) is 24.8. The number of ether oxygens (including phenoxy) is 1. The number of methoxy groups -OCH3 is 1. The zero-order valence-corrected chi connectivity index (χ0v) is 20.9. The zero-order valence-electron chi connectivity index (χ0n) is 20.9. The second kappa shape index (κ2) is 8.95. The number of likely N-dealkylation sites (tertiary alicyclic amines) is 1. The number of nitrogens with zero attached hydrogens (tertiary/aromatic N) is 4. The molecule has 0 aliphatic carbocycles. The highest BCUT2D eigenvalue weighted by molar-refractivity contribution is 6.11. The summed E-state index contributed by atoms with van der Waals surface area (Å²) in [6.07, 6.45) is 2.83. The molecule has 0 spiro atoms. The SMILES string of the molecule is COc1ccc(-c2nn(-c3ccccc3)cc2C(=O)N2c3ccc(C)cc3[C@@H]3CN(C)CC[C@H]32)cc1. The molecule has 0 bridgehead atoms. The summed E-state index contributed by atoms with van der Waals surface area (Å²) in [5, 5.41) is 4.90. The fraction of sp³-hybridized carbons (Fsp3) is 0.267. The number of hydrogen-bond donors (Lipinski definition) is 0. The van der Waals surface area contributed by atoms with Gasteiger partial charge in [0.2, 0.25) is 0 Å². The lowest BCUT2D eigenvalue weighted by Crippen LogP contribution is -2.47. The molecule has 1 fully saturated rings. The van der Waals surface area contributed by atoms with E-state index in [9.17, 15) is 4.79 Å². The van der Waals surface area contributed by atoms with Crippen molar-refractivity contribution in [3.63, 3.8) is 0 Å². The molecular weight excluding hydrogens is 448 g/mol. The summed E-state index contributed by atoms with van der Waals surface area (Å²) in [6.45, 7) is 4.06. The highest BCUT2D eigenvalue weighted by Crippen LogP contribution is 2.46. The first kappa shape index (κ1) is 22.6. The van der Waals surface area contributed by atoms with Crippen LogP contribution in [-0.2, 0) is 0 Å². The van der Waals surface area contributed by atoms with Gasteiger partial charge < -0.3 is 14.5 Å². The molecule has 0 saturated carbocycles. The van der Waals surface area contributed by atoms with Gasteiger partial charge in [0.1, 0.15) is 11.4 Å². The Balaban J connectivity index is 1.48. The lowest BCUT2D eigenvalue weighted by Gasteiger charge is -2.36. The van der Waals surface area contributed by atoms with Gasteiger partial charge in [-0.25, -0.2) is 4.68 Å². The number of hydrogen-bond acceptors (Lipinski definition) is 4. The summed E-state index contributed by atoms with van der Waals surface area (Å²) >= 11 is 0. The van der Waals surface area contributed by atoms with Gasteiger partial charge in [0, 0.05) is 36.0 Å². The van der Waals surface area contributed by atoms with Crippen molar-refractivity contribution in [1.82, 2.24) is 14.7 Å². The molecule has 182 valence electrons. The van der Waals surface area contributed by atoms with E-state index in [1.807, 2.05) is 70.4 Å². The quantitative estimate of drug-likeness (QED) is 0.399. The van der Waals surface area contributed by atoms with E-state index in [2.05, 4.69) is 37.1 Å². The Morgan fingerprint density at radius 1 is 1.03 bits per heavy atom. The average Bonchev–Trinajstić information content (AvgIpc) is 3.49. The fourth-order valence-electron chi connectivity index (χ4n) is 5.68. The summed E-state index contributed by atoms with van der Waals surface area (Å²) in [4.78, 5) is 18.8. The average molecular weight is 479 g/mol. The van der Waals surface area contributed by atoms with Crippen molar-refractivity contribution < 1.29 is 9.53 Å². The number of carbonyl (C=O) groups excluding carboxylic acids is 1. The van der Waals surface area contributed by atoms with Crippen molar-refractivity contribution in [2.75, 3.05) is 32.1 Å². The first-order valence-corrected chi connectivity index (χ1v) is 12.5. The van der Waals surface area contributed by atoms with E-state index < -0.39 is 0 Å². The number of aryl methyl sites for hydroxylation is 1. The number of amides is 1. The van der Waals surface area contributed by atoms with Gasteiger partial charge in [-0.15, -0.1) is 0 Å². The number of anilines is 1. The number of para-hydroxylation sites is 1. The fourth-order valence-corrected chi connectivity index (χ4v) is 5.68. The summed E-state index contributed by atoms with van der Waals surface area (Å²) in [5.41, 5.74) is 6.63. The van der Waals surface area contributed by atoms with Crippen LogP contribution in [0.3, 0.4) is 0 Å². The standard InChI is InChI=1S/C30H30N4O2/c1-20-9-14-27-24(17-20)25-18-32(2)16-15-28(25)34(27)30(35)26-19-33(22-7-5-4-6-8-22)31-29(26)21-10-12-23(36-3)13-11-21/h4-14,17,19,25,28H,15-16,18H2,1-3H3/t25-,28+/m0/s1. The molecule has 6 heteroatoms. The van der Waals surface area contributed by atoms with Crippen molar-refractivity contribution in [2.24, 2.45) is 0 Å². The van der Waals surface area contributed by atoms with Crippen molar-refractivity contribution in [3.05, 3.63) is 95.7 Å². The smallest absolute Gasteiger partial charge is 0.262 e. The number of likely N-dealkylation sites (N-methyl/N-ethyl adjacent to an activating group) is 1. The maximum atomic E-state index is 14.4. The van der Waals surface area contributed by atoms with Gasteiger partial charge in [0.25, 0.3) is 5.91 Å². The predicted molar refractivity (Wildman–Crippen MR) is 142 cm³/mol. The van der Waals surface area contributed by atoms with Crippen LogP contribution in [0, 0.1) is 6.92 Å². The van der Waals surface area contributed by atoms with Crippen molar-refractivity contribution >= 4 is 11.6 Å². The first-order valence-electron chi connectivity index (χ1n) is 12.5. The Hall–Kier alpha value is -3.90. The number of carbonyl (C=O) groups is 1. The minimum Gasteiger partial charge on any atom is -0.497 e. The molecule has 36 heavy (non-hydrogen) atoms. The number of aromatic nitrogens is 2. The summed E-state index contributed by atoms with van der Waals surface area (Å²) in [6, 6.07) is 24.3. The molecule has 2 aliphatic rings. The van der Waals surface area contributed by atoms with Crippen LogP contribution in [0.2, 0.25) is 0 Å². The van der Waals surface area contributed by atoms with Crippen LogP contribution in [0.1, 0.15) is 33.8 Å². The van der Waals surface area contributed by atoms with Gasteiger partial charge in [0.05, 0.1) is 18.4 Å². The highest BCUT2D eigenvalue weighted by Gasteiger charge is 2.44. The minimum atomic E-state index is 0.00477. The normalized spacial score (nSPS) is 19.1. The molecular formula is C30H30N4O2. The van der Waals surface area contributed by atoms with Gasteiger partial charge in [-0.3, -0.25) is 4.79 Å². The molecule has 0 unspecified atom stereocenters. The van der Waals surface area contributed by atoms with E-state index in [0.717, 1.165) is 42.2 Å². The highest BCUT2D eigenvalue weighted by atomic mass is 16.5. The van der Waals surface area contributed by atoms with Crippen LogP contribution < -0.4 is 9.64 Å². The van der Waals surface area contributed by atoms with E-state index in [-0.39, 0.29) is 11.9 Å². The third-order valence-corrected chi connectivity index (χ3v) is 7.50. The number of fused-ring (bicyclic) bond motifs is 3. The third-order valence-electron chi connectivity index (χ3n) is 7.50. The predicted octanol–water partition coefficient (Wildman–Crippen LogP) is 5.30. The molecule has 0 radical (unpaired) electrons. The first-order chi connectivity index (χ1) is 17.5. The van der Waals surface area contributed by atoms with Gasteiger partial charge >= 0.3 is 0 Å². The number of piperidine rings is 1. The molecule has 1 amide bonds. The van der Waals surface area contributed by atoms with Crippen molar-refractivity contribution in [3.8, 4) is 22.7 Å². The van der Waals surface area contributed by atoms with Crippen LogP contribution in [0.25, 0.3) is 16.9 Å². The summed E-state index contributed by atoms with van der Waals surface area (Å²) in [5.74, 6) is 1.09. The van der Waals surface area contributed by atoms with Gasteiger partial charge in [0.15, 0.2) is 0 Å². The lowest BCUT2D eigenvalue weighted by molar-refractivity contribution is 0.0965. The Bertz CT molecular complexity index is 1410. The van der Waals surface area contributed by atoms with Crippen LogP contribution >= 0.6 is 0 Å². The van der Waals surface area contributed by atoms with E-state index in [0.29, 0.717) is 17.2 Å². The van der Waals surface area contributed by atoms with E-state index in [1.54, 1.807) is 7.11 Å². The van der Waals surface area contributed by atoms with Gasteiger partial charge in [-0.1, -0.05) is 35.9 Å². The Morgan fingerprint density at radius 2 is 1.81 bits per heavy atom. The van der Waals surface area contributed by atoms with E-state index >= 15 is 0 Å². The van der Waals surface area contributed by atoms with Crippen LogP contribution in [0.15, 0.2) is 79.0 Å². The molecule has 2 aliphatic heterocycles. The third kappa shape index (κ3) is 3.78. The lowest BCUT2D eigenvalue weighted by atomic mass is 9.88. The van der Waals surface area contributed by atoms with Crippen molar-refractivity contribution in [2.45, 2.75) is 25.3 Å². The van der Waals surface area contributed by atoms with Gasteiger partial charge in [-0.05, 0) is 75.0 Å². The second-order valence-electron chi connectivity index (χ2n) is 9.86. The number of rotatable bonds is 4. The molecule has 1 aromatic heterocycles. The molecule has 1 saturated heterocycles. The molecule has 3 aromatic carbocycles. The van der Waals surface area contributed by atoms with Crippen LogP contribution in [-0.4, -0.2) is 53.9 Å². The topological polar surface area (TPSA) is 50.6 Å². The van der Waals surface area contributed by atoms with Crippen LogP contribution in [0.4, 0.5) is 5.69 Å². The molecule has 3 heterocycles. The van der Waals surface area contributed by atoms with Gasteiger partial charge in [-0.2, -0.15) is 5.10 Å². The van der Waals surface area contributed by atoms with Crippen molar-refractivity contribution in [1.29, 1.82) is 0 Å². The molecule has 6 rings (SSSR count). The monoisotopic (exact) mass is 478 g/mol. The number of benzene rings is 3. The maximum absolute atomic E-state index is 14.4. The van der Waals surface area contributed by atoms with E-state index in [1.165, 1.54) is 11.1 Å². The second-order valence-corrected chi connectivity index (χ2v) is 9.86. The van der Waals surface area contributed by atoms with Crippen LogP contribution in [0.5, 0.6) is 5.75 Å². The summed E-state index contributed by atoms with van der Waals surface area (Å²) < 4.78 is 7.16. The largest absolute Gasteiger partial charge is 0.497 e. The molecule has 0 N–H and O–H groups in total. The van der Waals surface area contributed by atoms with E-state index in [4.69, 9.17) is 9.84 Å². The molecule has 6 nitrogen and oxygen atoms in total. The minimum absolute atomic E-state index is 0.00477. The molecule has 4 aromatic rings. The molecule has 2 atom stereocenters. The Kier molecular flexibility index (Phi) is 5.61. The Morgan fingerprint density at radius 3 is 2.56 bits per heavy atom. The Labute approximate surface area is 211 Å².